The molecule has 2 aromatic carbocycles. The number of amides is 1. The third-order valence-electron chi connectivity index (χ3n) is 5.26. The summed E-state index contributed by atoms with van der Waals surface area (Å²) in [5.41, 5.74) is 0.898. The first kappa shape index (κ1) is 20.1. The van der Waals surface area contributed by atoms with Crippen molar-refractivity contribution in [1.82, 2.24) is 9.21 Å². The van der Waals surface area contributed by atoms with Gasteiger partial charge in [0.2, 0.25) is 15.9 Å². The Morgan fingerprint density at radius 3 is 2.59 bits per heavy atom. The molecule has 0 saturated carbocycles. The SMILES string of the molecule is O=C([C@H]1COc2ccc(Cl)cc2C1)N1CCN(S(=O)(=O)c2cccc(F)c2)CC1. The zero-order valence-electron chi connectivity index (χ0n) is 15.6. The van der Waals surface area contributed by atoms with E-state index in [0.717, 1.165) is 17.4 Å². The Bertz CT molecular complexity index is 1040. The highest BCUT2D eigenvalue weighted by Gasteiger charge is 2.34. The quantitative estimate of drug-likeness (QED) is 0.738. The van der Waals surface area contributed by atoms with Crippen LogP contribution in [0.2, 0.25) is 5.02 Å². The molecule has 9 heteroatoms. The van der Waals surface area contributed by atoms with Crippen molar-refractivity contribution in [3.63, 3.8) is 0 Å². The Morgan fingerprint density at radius 1 is 1.10 bits per heavy atom. The fraction of sp³-hybridized carbons (Fsp3) is 0.350. The first-order valence-corrected chi connectivity index (χ1v) is 11.1. The van der Waals surface area contributed by atoms with Crippen LogP contribution in [0.1, 0.15) is 5.56 Å². The lowest BCUT2D eigenvalue weighted by Gasteiger charge is -2.36. The van der Waals surface area contributed by atoms with Crippen molar-refractivity contribution in [2.45, 2.75) is 11.3 Å². The largest absolute Gasteiger partial charge is 0.492 e. The number of carbonyl (C=O) groups excluding carboxylic acids is 1. The van der Waals surface area contributed by atoms with Crippen molar-refractivity contribution >= 4 is 27.5 Å². The van der Waals surface area contributed by atoms with Crippen LogP contribution in [-0.4, -0.2) is 56.3 Å². The van der Waals surface area contributed by atoms with Gasteiger partial charge in [-0.3, -0.25) is 4.79 Å². The number of halogens is 2. The third kappa shape index (κ3) is 4.10. The normalized spacial score (nSPS) is 20.1. The summed E-state index contributed by atoms with van der Waals surface area (Å²) in [7, 11) is -3.79. The van der Waals surface area contributed by atoms with E-state index >= 15 is 0 Å². The lowest BCUT2D eigenvalue weighted by molar-refractivity contribution is -0.138. The molecule has 0 unspecified atom stereocenters. The fourth-order valence-electron chi connectivity index (χ4n) is 3.71. The molecule has 0 bridgehead atoms. The minimum Gasteiger partial charge on any atom is -0.492 e. The summed E-state index contributed by atoms with van der Waals surface area (Å²) < 4.78 is 45.8. The molecule has 1 saturated heterocycles. The van der Waals surface area contributed by atoms with Gasteiger partial charge in [0.1, 0.15) is 18.2 Å². The first-order valence-electron chi connectivity index (χ1n) is 9.30. The van der Waals surface area contributed by atoms with E-state index in [9.17, 15) is 17.6 Å². The van der Waals surface area contributed by atoms with Crippen LogP contribution in [0.5, 0.6) is 5.75 Å². The van der Waals surface area contributed by atoms with Crippen LogP contribution in [0.3, 0.4) is 0 Å². The molecule has 0 N–H and O–H groups in total. The molecular weight excluding hydrogens is 419 g/mol. The molecule has 2 aliphatic rings. The topological polar surface area (TPSA) is 66.9 Å². The van der Waals surface area contributed by atoms with E-state index in [1.165, 1.54) is 22.5 Å². The molecule has 1 amide bonds. The minimum atomic E-state index is -3.79. The van der Waals surface area contributed by atoms with Gasteiger partial charge in [-0.1, -0.05) is 17.7 Å². The van der Waals surface area contributed by atoms with Gasteiger partial charge in [0.05, 0.1) is 10.8 Å². The molecular formula is C20H20ClFN2O4S. The number of rotatable bonds is 3. The average Bonchev–Trinajstić information content (AvgIpc) is 2.72. The number of piperazine rings is 1. The minimum absolute atomic E-state index is 0.0570. The van der Waals surface area contributed by atoms with Crippen molar-refractivity contribution < 1.29 is 22.3 Å². The van der Waals surface area contributed by atoms with Gasteiger partial charge in [-0.05, 0) is 48.4 Å². The third-order valence-corrected chi connectivity index (χ3v) is 7.39. The molecule has 2 aliphatic heterocycles. The van der Waals surface area contributed by atoms with Gasteiger partial charge in [0.15, 0.2) is 0 Å². The Labute approximate surface area is 173 Å². The summed E-state index contributed by atoms with van der Waals surface area (Å²) >= 11 is 6.03. The van der Waals surface area contributed by atoms with Gasteiger partial charge < -0.3 is 9.64 Å². The summed E-state index contributed by atoms with van der Waals surface area (Å²) in [6, 6.07) is 10.3. The van der Waals surface area contributed by atoms with E-state index in [0.29, 0.717) is 11.4 Å². The summed E-state index contributed by atoms with van der Waals surface area (Å²) in [6.45, 7) is 1.19. The summed E-state index contributed by atoms with van der Waals surface area (Å²) in [5, 5.41) is 0.594. The standard InChI is InChI=1S/C20H20ClFN2O4S/c21-16-4-5-19-14(11-16)10-15(13-28-19)20(25)23-6-8-24(9-7-23)29(26,27)18-3-1-2-17(22)12-18/h1-5,11-12,15H,6-10,13H2/t15-/m1/s1. The van der Waals surface area contributed by atoms with Crippen molar-refractivity contribution in [3.05, 3.63) is 58.9 Å². The number of hydrogen-bond donors (Lipinski definition) is 0. The molecule has 1 fully saturated rings. The number of sulfonamides is 1. The van der Waals surface area contributed by atoms with Crippen LogP contribution >= 0.6 is 11.6 Å². The molecule has 0 aliphatic carbocycles. The van der Waals surface area contributed by atoms with E-state index in [1.807, 2.05) is 0 Å². The number of carbonyl (C=O) groups is 1. The molecule has 29 heavy (non-hydrogen) atoms. The maximum absolute atomic E-state index is 13.4. The highest BCUT2D eigenvalue weighted by atomic mass is 35.5. The molecule has 2 heterocycles. The maximum Gasteiger partial charge on any atom is 0.243 e. The summed E-state index contributed by atoms with van der Waals surface area (Å²) in [5.74, 6) is -0.243. The molecule has 1 atom stereocenters. The van der Waals surface area contributed by atoms with E-state index in [4.69, 9.17) is 16.3 Å². The van der Waals surface area contributed by atoms with Crippen molar-refractivity contribution in [2.75, 3.05) is 32.8 Å². The van der Waals surface area contributed by atoms with Crippen LogP contribution in [0, 0.1) is 11.7 Å². The van der Waals surface area contributed by atoms with Crippen molar-refractivity contribution in [3.8, 4) is 5.75 Å². The van der Waals surface area contributed by atoms with E-state index in [1.54, 1.807) is 23.1 Å². The van der Waals surface area contributed by atoms with Crippen LogP contribution in [-0.2, 0) is 21.2 Å². The van der Waals surface area contributed by atoms with Gasteiger partial charge in [0, 0.05) is 31.2 Å². The number of fused-ring (bicyclic) bond motifs is 1. The molecule has 2 aromatic rings. The van der Waals surface area contributed by atoms with Crippen LogP contribution in [0.25, 0.3) is 0 Å². The van der Waals surface area contributed by atoms with Gasteiger partial charge in [-0.2, -0.15) is 4.31 Å². The van der Waals surface area contributed by atoms with Crippen molar-refractivity contribution in [2.24, 2.45) is 5.92 Å². The summed E-state index contributed by atoms with van der Waals surface area (Å²) in [6.07, 6.45) is 0.538. The highest BCUT2D eigenvalue weighted by molar-refractivity contribution is 7.89. The Kier molecular flexibility index (Phi) is 5.50. The second-order valence-corrected chi connectivity index (χ2v) is 9.53. The predicted octanol–water partition coefficient (Wildman–Crippen LogP) is 2.56. The maximum atomic E-state index is 13.4. The van der Waals surface area contributed by atoms with Crippen LogP contribution < -0.4 is 4.74 Å². The second-order valence-electron chi connectivity index (χ2n) is 7.15. The smallest absolute Gasteiger partial charge is 0.243 e. The lowest BCUT2D eigenvalue weighted by Crippen LogP contribution is -2.52. The first-order chi connectivity index (χ1) is 13.8. The van der Waals surface area contributed by atoms with Crippen LogP contribution in [0.15, 0.2) is 47.4 Å². The molecule has 4 rings (SSSR count). The molecule has 0 aromatic heterocycles. The Balaban J connectivity index is 1.40. The van der Waals surface area contributed by atoms with E-state index < -0.39 is 15.8 Å². The predicted molar refractivity (Wildman–Crippen MR) is 106 cm³/mol. The van der Waals surface area contributed by atoms with Gasteiger partial charge in [-0.25, -0.2) is 12.8 Å². The number of ether oxygens (including phenoxy) is 1. The summed E-state index contributed by atoms with van der Waals surface area (Å²) in [4.78, 5) is 14.5. The Hall–Kier alpha value is -2.16. The van der Waals surface area contributed by atoms with E-state index in [2.05, 4.69) is 0 Å². The number of nitrogens with zero attached hydrogens (tertiary/aromatic N) is 2. The fourth-order valence-corrected chi connectivity index (χ4v) is 5.35. The zero-order chi connectivity index (χ0) is 20.6. The van der Waals surface area contributed by atoms with Gasteiger partial charge >= 0.3 is 0 Å². The molecule has 6 nitrogen and oxygen atoms in total. The van der Waals surface area contributed by atoms with Crippen LogP contribution in [0.4, 0.5) is 4.39 Å². The van der Waals surface area contributed by atoms with Gasteiger partial charge in [0.25, 0.3) is 0 Å². The molecule has 0 spiro atoms. The molecule has 154 valence electrons. The van der Waals surface area contributed by atoms with Gasteiger partial charge in [-0.15, -0.1) is 0 Å². The Morgan fingerprint density at radius 2 is 1.86 bits per heavy atom. The lowest BCUT2D eigenvalue weighted by atomic mass is 9.95. The molecule has 0 radical (unpaired) electrons. The highest BCUT2D eigenvalue weighted by Crippen LogP contribution is 2.31. The van der Waals surface area contributed by atoms with E-state index in [-0.39, 0.29) is 49.5 Å². The zero-order valence-corrected chi connectivity index (χ0v) is 17.1. The van der Waals surface area contributed by atoms with Crippen molar-refractivity contribution in [1.29, 1.82) is 0 Å². The number of benzene rings is 2. The monoisotopic (exact) mass is 438 g/mol. The second kappa shape index (κ2) is 7.93. The number of hydrogen-bond acceptors (Lipinski definition) is 4. The average molecular weight is 439 g/mol.